The van der Waals surface area contributed by atoms with E-state index in [0.29, 0.717) is 4.77 Å². The molecule has 0 atom stereocenters. The highest BCUT2D eigenvalue weighted by molar-refractivity contribution is 7.71. The van der Waals surface area contributed by atoms with E-state index in [2.05, 4.69) is 28.4 Å². The third-order valence-electron chi connectivity index (χ3n) is 3.12. The van der Waals surface area contributed by atoms with E-state index in [-0.39, 0.29) is 0 Å². The van der Waals surface area contributed by atoms with Gasteiger partial charge in [-0.2, -0.15) is 0 Å². The van der Waals surface area contributed by atoms with Crippen LogP contribution in [0.3, 0.4) is 0 Å². The van der Waals surface area contributed by atoms with Crippen LogP contribution in [0.15, 0.2) is 48.5 Å². The number of rotatable bonds is 0. The Kier molecular flexibility index (Phi) is 1.82. The monoisotopic (exact) mass is 253 g/mol. The molecule has 4 rings (SSSR count). The molecule has 0 unspecified atom stereocenters. The van der Waals surface area contributed by atoms with Gasteiger partial charge in [-0.1, -0.05) is 30.3 Å². The first-order valence-electron chi connectivity index (χ1n) is 5.65. The van der Waals surface area contributed by atoms with Crippen LogP contribution in [-0.4, -0.2) is 14.8 Å². The minimum absolute atomic E-state index is 0.474. The predicted molar refractivity (Wildman–Crippen MR) is 71.0 cm³/mol. The van der Waals surface area contributed by atoms with E-state index >= 15 is 0 Å². The maximum absolute atomic E-state index is 5.13. The smallest absolute Gasteiger partial charge is 0.137 e. The number of H-pyrrole nitrogens is 1. The molecule has 0 aliphatic carbocycles. The average Bonchev–Trinajstić information content (AvgIpc) is 2.81. The number of aromatic nitrogens is 4. The molecule has 0 saturated carbocycles. The molecular formula is C13H9N4S+. The van der Waals surface area contributed by atoms with Crippen LogP contribution >= 0.6 is 12.2 Å². The Balaban J connectivity index is 2.50. The van der Waals surface area contributed by atoms with Gasteiger partial charge < -0.3 is 0 Å². The average molecular weight is 253 g/mol. The fourth-order valence-electron chi connectivity index (χ4n) is 2.38. The van der Waals surface area contributed by atoms with Crippen LogP contribution in [0.1, 0.15) is 0 Å². The largest absolute Gasteiger partial charge is 0.345 e. The van der Waals surface area contributed by atoms with Crippen LogP contribution in [0.25, 0.3) is 21.8 Å². The number of para-hydroxylation sites is 2. The molecule has 0 aliphatic heterocycles. The molecular weight excluding hydrogens is 244 g/mol. The molecule has 2 heterocycles. The molecule has 2 aromatic heterocycles. The first-order valence-corrected chi connectivity index (χ1v) is 6.06. The molecule has 0 aliphatic rings. The van der Waals surface area contributed by atoms with Gasteiger partial charge in [-0.15, -0.1) is 5.10 Å². The molecule has 0 bridgehead atoms. The summed E-state index contributed by atoms with van der Waals surface area (Å²) in [6, 6.07) is 16.4. The van der Waals surface area contributed by atoms with Crippen molar-refractivity contribution in [3.63, 3.8) is 0 Å². The molecule has 0 saturated heterocycles. The summed E-state index contributed by atoms with van der Waals surface area (Å²) >= 11 is 5.13. The molecule has 4 nitrogen and oxygen atoms in total. The first kappa shape index (κ1) is 9.73. The SMILES string of the molecule is S=c1n[n+]2c3ccccc3c3ccccc3n2[nH]1. The van der Waals surface area contributed by atoms with Gasteiger partial charge in [-0.3, -0.25) is 0 Å². The highest BCUT2D eigenvalue weighted by Crippen LogP contribution is 2.20. The van der Waals surface area contributed by atoms with E-state index in [1.807, 2.05) is 35.0 Å². The van der Waals surface area contributed by atoms with Gasteiger partial charge >= 0.3 is 4.77 Å². The minimum atomic E-state index is 0.474. The van der Waals surface area contributed by atoms with Crippen LogP contribution < -0.4 is 4.63 Å². The van der Waals surface area contributed by atoms with Crippen molar-refractivity contribution in [1.82, 2.24) is 14.8 Å². The lowest BCUT2D eigenvalue weighted by Crippen LogP contribution is -2.33. The maximum Gasteiger partial charge on any atom is 0.345 e. The van der Waals surface area contributed by atoms with E-state index in [1.165, 1.54) is 10.8 Å². The number of hydrogen-bond acceptors (Lipinski definition) is 2. The lowest BCUT2D eigenvalue weighted by atomic mass is 10.1. The van der Waals surface area contributed by atoms with Gasteiger partial charge in [0.2, 0.25) is 0 Å². The summed E-state index contributed by atoms with van der Waals surface area (Å²) in [6.07, 6.45) is 0. The lowest BCUT2D eigenvalue weighted by Gasteiger charge is -2.01. The lowest BCUT2D eigenvalue weighted by molar-refractivity contribution is -0.652. The highest BCUT2D eigenvalue weighted by Gasteiger charge is 2.13. The van der Waals surface area contributed by atoms with Gasteiger partial charge in [-0.05, 0) is 39.7 Å². The number of aromatic amines is 1. The zero-order chi connectivity index (χ0) is 12.1. The Morgan fingerprint density at radius 3 is 2.61 bits per heavy atom. The van der Waals surface area contributed by atoms with Crippen molar-refractivity contribution < 1.29 is 4.63 Å². The number of nitrogens with one attached hydrogen (secondary N) is 1. The standard InChI is InChI=1S/C13H8N4S/c18-13-14-16-11-7-3-1-5-9(11)10-6-2-4-8-12(10)17(16)15-13/h1-8H/p+1. The summed E-state index contributed by atoms with van der Waals surface area (Å²) in [4.78, 5) is 0. The van der Waals surface area contributed by atoms with Crippen LogP contribution in [0, 0.1) is 4.77 Å². The topological polar surface area (TPSA) is 37.2 Å². The molecule has 4 aromatic rings. The molecule has 2 aromatic carbocycles. The van der Waals surface area contributed by atoms with Crippen molar-refractivity contribution >= 4 is 34.0 Å². The second-order valence-electron chi connectivity index (χ2n) is 4.15. The summed E-state index contributed by atoms with van der Waals surface area (Å²) in [5.41, 5.74) is 2.09. The van der Waals surface area contributed by atoms with Crippen molar-refractivity contribution in [3.8, 4) is 0 Å². The fraction of sp³-hybridized carbons (Fsp3) is 0. The van der Waals surface area contributed by atoms with Gasteiger partial charge in [0.15, 0.2) is 5.52 Å². The number of nitrogens with zero attached hydrogens (tertiary/aromatic N) is 3. The maximum atomic E-state index is 5.13. The normalized spacial score (nSPS) is 11.6. The molecule has 0 spiro atoms. The van der Waals surface area contributed by atoms with Gasteiger partial charge in [0.1, 0.15) is 5.52 Å². The Bertz CT molecular complexity index is 876. The third kappa shape index (κ3) is 1.16. The van der Waals surface area contributed by atoms with Crippen molar-refractivity contribution in [1.29, 1.82) is 0 Å². The summed E-state index contributed by atoms with van der Waals surface area (Å²) < 4.78 is 4.15. The first-order chi connectivity index (χ1) is 8.84. The van der Waals surface area contributed by atoms with Gasteiger partial charge in [0.05, 0.1) is 0 Å². The number of benzene rings is 2. The summed E-state index contributed by atoms with van der Waals surface area (Å²) in [5.74, 6) is 0. The fourth-order valence-corrected chi connectivity index (χ4v) is 2.54. The Morgan fingerprint density at radius 2 is 1.72 bits per heavy atom. The zero-order valence-corrected chi connectivity index (χ0v) is 10.2. The Hall–Kier alpha value is -2.27. The van der Waals surface area contributed by atoms with E-state index in [0.717, 1.165) is 11.0 Å². The predicted octanol–water partition coefficient (Wildman–Crippen LogP) is 2.28. The molecule has 18 heavy (non-hydrogen) atoms. The molecule has 5 heteroatoms. The van der Waals surface area contributed by atoms with Crippen molar-refractivity contribution in [3.05, 3.63) is 53.3 Å². The van der Waals surface area contributed by atoms with E-state index in [4.69, 9.17) is 12.2 Å². The minimum Gasteiger partial charge on any atom is -0.137 e. The number of tetrazole rings is 1. The van der Waals surface area contributed by atoms with E-state index in [9.17, 15) is 0 Å². The zero-order valence-electron chi connectivity index (χ0n) is 9.37. The molecule has 0 amide bonds. The quantitative estimate of drug-likeness (QED) is 0.296. The molecule has 0 radical (unpaired) electrons. The second kappa shape index (κ2) is 3.36. The Labute approximate surface area is 107 Å². The van der Waals surface area contributed by atoms with Gasteiger partial charge in [0.25, 0.3) is 0 Å². The van der Waals surface area contributed by atoms with Crippen molar-refractivity contribution in [2.24, 2.45) is 0 Å². The van der Waals surface area contributed by atoms with Crippen LogP contribution in [0.2, 0.25) is 0 Å². The highest BCUT2D eigenvalue weighted by atomic mass is 32.1. The van der Waals surface area contributed by atoms with Crippen molar-refractivity contribution in [2.75, 3.05) is 0 Å². The Morgan fingerprint density at radius 1 is 1.00 bits per heavy atom. The van der Waals surface area contributed by atoms with E-state index < -0.39 is 0 Å². The molecule has 0 fully saturated rings. The van der Waals surface area contributed by atoms with Crippen LogP contribution in [0.5, 0.6) is 0 Å². The summed E-state index contributed by atoms with van der Waals surface area (Å²) in [6.45, 7) is 0. The second-order valence-corrected chi connectivity index (χ2v) is 4.54. The third-order valence-corrected chi connectivity index (χ3v) is 3.29. The summed E-state index contributed by atoms with van der Waals surface area (Å²) in [5, 5.41) is 9.75. The molecule has 1 N–H and O–H groups in total. The van der Waals surface area contributed by atoms with Crippen molar-refractivity contribution in [2.45, 2.75) is 0 Å². The van der Waals surface area contributed by atoms with Gasteiger partial charge in [-0.25, -0.2) is 0 Å². The van der Waals surface area contributed by atoms with Crippen LogP contribution in [0.4, 0.5) is 0 Å². The van der Waals surface area contributed by atoms with Crippen LogP contribution in [-0.2, 0) is 0 Å². The summed E-state index contributed by atoms with van der Waals surface area (Å²) in [7, 11) is 0. The number of hydrogen-bond donors (Lipinski definition) is 1. The van der Waals surface area contributed by atoms with E-state index in [1.54, 1.807) is 4.63 Å². The number of fused-ring (bicyclic) bond motifs is 6. The molecule has 86 valence electrons. The van der Waals surface area contributed by atoms with Gasteiger partial charge in [0, 0.05) is 15.9 Å².